The molecule has 0 saturated heterocycles. The summed E-state index contributed by atoms with van der Waals surface area (Å²) < 4.78 is 66.7. The van der Waals surface area contributed by atoms with Gasteiger partial charge in [0, 0.05) is 77.0 Å². The molecular formula is C12H24N4Na12O18P6. The van der Waals surface area contributed by atoms with E-state index in [1.165, 1.54) is 0 Å². The molecule has 40 heteroatoms. The molecule has 0 aliphatic heterocycles. The molecule has 242 valence electrons. The number of rotatable bonds is 21. The van der Waals surface area contributed by atoms with E-state index >= 15 is 0 Å². The zero-order valence-corrected chi connectivity index (χ0v) is 61.7. The second kappa shape index (κ2) is 47.4. The van der Waals surface area contributed by atoms with Crippen LogP contribution in [-0.4, -0.2) is 96.6 Å². The maximum Gasteiger partial charge on any atom is 1.00 e. The first-order valence-electron chi connectivity index (χ1n) is 10.5. The smallest absolute Gasteiger partial charge is 0.810 e. The van der Waals surface area contributed by atoms with Crippen molar-refractivity contribution in [1.29, 1.82) is 0 Å². The molecule has 0 saturated carbocycles. The topological polar surface area (TPSA) is 392 Å². The van der Waals surface area contributed by atoms with Gasteiger partial charge in [0.25, 0.3) is 0 Å². The van der Waals surface area contributed by atoms with Gasteiger partial charge in [-0.2, -0.15) is 0 Å². The second-order valence-electron chi connectivity index (χ2n) is 8.54. The molecule has 0 aromatic heterocycles. The molecule has 0 unspecified atom stereocenters. The molecular weight excluding hydrogens is 950 g/mol. The molecule has 0 fully saturated rings. The fourth-order valence-corrected chi connectivity index (χ4v) is 7.98. The van der Waals surface area contributed by atoms with Crippen molar-refractivity contribution in [1.82, 2.24) is 19.6 Å². The van der Waals surface area contributed by atoms with E-state index in [2.05, 4.69) is 0 Å². The minimum absolute atomic E-state index is 0. The van der Waals surface area contributed by atoms with Crippen LogP contribution >= 0.6 is 45.6 Å². The predicted molar refractivity (Wildman–Crippen MR) is 111 cm³/mol. The maximum absolute atomic E-state index is 11.3. The van der Waals surface area contributed by atoms with Crippen LogP contribution in [0.4, 0.5) is 0 Å². The van der Waals surface area contributed by atoms with Gasteiger partial charge in [0.2, 0.25) is 0 Å². The first-order chi connectivity index (χ1) is 17.5. The molecule has 0 spiro atoms. The van der Waals surface area contributed by atoms with Gasteiger partial charge < -0.3 is 86.1 Å². The van der Waals surface area contributed by atoms with Crippen molar-refractivity contribution in [3.63, 3.8) is 0 Å². The van der Waals surface area contributed by atoms with E-state index < -0.39 is 123 Å². The summed E-state index contributed by atoms with van der Waals surface area (Å²) in [5.41, 5.74) is 0. The summed E-state index contributed by atoms with van der Waals surface area (Å²) in [5.74, 6) is 0. The van der Waals surface area contributed by atoms with E-state index in [4.69, 9.17) is 0 Å². The van der Waals surface area contributed by atoms with Crippen LogP contribution in [0.2, 0.25) is 0 Å². The van der Waals surface area contributed by atoms with Crippen LogP contribution < -0.4 is 413 Å². The molecule has 0 aromatic rings. The van der Waals surface area contributed by atoms with Crippen LogP contribution in [0, 0.1) is 0 Å². The Morgan fingerprint density at radius 1 is 0.231 bits per heavy atom. The Balaban J connectivity index is -0.000000115. The van der Waals surface area contributed by atoms with E-state index in [9.17, 15) is 86.1 Å². The molecule has 22 nitrogen and oxygen atoms in total. The normalized spacial score (nSPS) is 11.3. The SMILES string of the molecule is O=P([O-])([O-])CN(CCN(CCN(CP(=O)([O-])[O-])CP(=O)([O-])[O-])CP(=O)([O-])[O-])CCN(CP(=O)([O-])[O-])CP(=O)([O-])[O-].[Na+].[Na+].[Na+].[Na+].[Na+].[Na+].[Na+].[Na+].[Na+].[Na+].[Na+].[Na+]. The Labute approximate surface area is 569 Å². The fourth-order valence-electron chi connectivity index (χ4n) is 3.20. The van der Waals surface area contributed by atoms with Crippen LogP contribution in [0.15, 0.2) is 0 Å². The monoisotopic (exact) mass is 974 g/mol. The van der Waals surface area contributed by atoms with Gasteiger partial charge in [0.15, 0.2) is 0 Å². The van der Waals surface area contributed by atoms with E-state index in [0.29, 0.717) is 19.6 Å². The number of hydrogen-bond acceptors (Lipinski definition) is 22. The Bertz CT molecular complexity index is 982. The first-order valence-corrected chi connectivity index (χ1v) is 20.8. The molecule has 0 aromatic carbocycles. The molecule has 0 rings (SSSR count). The maximum atomic E-state index is 11.3. The van der Waals surface area contributed by atoms with Crippen molar-refractivity contribution in [2.75, 3.05) is 77.0 Å². The largest absolute Gasteiger partial charge is 1.00 e. The molecule has 52 heavy (non-hydrogen) atoms. The summed E-state index contributed by atoms with van der Waals surface area (Å²) in [5, 5.41) is 0. The van der Waals surface area contributed by atoms with E-state index in [1.807, 2.05) is 0 Å². The van der Waals surface area contributed by atoms with Gasteiger partial charge in [-0.1, -0.05) is 45.6 Å². The first kappa shape index (κ1) is 98.3. The average molecular weight is 974 g/mol. The summed E-state index contributed by atoms with van der Waals surface area (Å²) >= 11 is 0. The van der Waals surface area contributed by atoms with Gasteiger partial charge in [0.1, 0.15) is 0 Å². The minimum Gasteiger partial charge on any atom is -0.810 e. The summed E-state index contributed by atoms with van der Waals surface area (Å²) in [6.07, 6.45) is -8.51. The predicted octanol–water partition coefficient (Wildman–Crippen LogP) is -46.5. The summed E-state index contributed by atoms with van der Waals surface area (Å²) in [6, 6.07) is 0. The van der Waals surface area contributed by atoms with Crippen molar-refractivity contribution >= 4 is 45.6 Å². The van der Waals surface area contributed by atoms with Gasteiger partial charge in [-0.25, -0.2) is 0 Å². The molecule has 0 heterocycles. The zero-order valence-electron chi connectivity index (χ0n) is 32.3. The second-order valence-corrected chi connectivity index (χ2v) is 17.6. The molecule has 0 atom stereocenters. The number of hydrogen-bond donors (Lipinski definition) is 0. The van der Waals surface area contributed by atoms with Gasteiger partial charge in [-0.3, -0.25) is 19.6 Å². The van der Waals surface area contributed by atoms with Crippen LogP contribution in [0.3, 0.4) is 0 Å². The van der Waals surface area contributed by atoms with E-state index in [-0.39, 0.29) is 355 Å². The van der Waals surface area contributed by atoms with Crippen molar-refractivity contribution in [2.24, 2.45) is 0 Å². The van der Waals surface area contributed by atoms with Crippen LogP contribution in [0.25, 0.3) is 0 Å². The molecule has 0 amide bonds. The van der Waals surface area contributed by atoms with Crippen LogP contribution in [-0.2, 0) is 27.4 Å². The van der Waals surface area contributed by atoms with E-state index in [1.54, 1.807) is 0 Å². The Kier molecular flexibility index (Phi) is 89.6. The number of nitrogens with zero attached hydrogens (tertiary/aromatic N) is 4. The van der Waals surface area contributed by atoms with Crippen molar-refractivity contribution in [3.05, 3.63) is 0 Å². The van der Waals surface area contributed by atoms with E-state index in [0.717, 1.165) is 0 Å². The third-order valence-electron chi connectivity index (χ3n) is 4.44. The van der Waals surface area contributed by atoms with Gasteiger partial charge in [-0.15, -0.1) is 0 Å². The summed E-state index contributed by atoms with van der Waals surface area (Å²) in [4.78, 5) is 135. The molecule has 0 aliphatic rings. The average Bonchev–Trinajstić information content (AvgIpc) is 2.60. The van der Waals surface area contributed by atoms with Gasteiger partial charge >= 0.3 is 355 Å². The fraction of sp³-hybridized carbons (Fsp3) is 1.00. The molecule has 0 aliphatic carbocycles. The van der Waals surface area contributed by atoms with Gasteiger partial charge in [-0.05, 0) is 0 Å². The van der Waals surface area contributed by atoms with Gasteiger partial charge in [0.05, 0.1) is 0 Å². The quantitative estimate of drug-likeness (QED) is 0.0761. The van der Waals surface area contributed by atoms with Crippen molar-refractivity contribution < 1.29 is 441 Å². The summed E-state index contributed by atoms with van der Waals surface area (Å²) in [6.45, 7) is -4.20. The Hall–Kier alpha value is 12.7. The zero-order chi connectivity index (χ0) is 31.8. The molecule has 0 bridgehead atoms. The standard InChI is InChI=1S/C12H36N4O18P6.12Na/c17-35(18,19)7-13(3-5-15(9-37(23,24)25)10-38(26,27)28)1-2-14(8-36(20,21)22)4-6-16(11-39(29,30)31)12-40(32,33)34;;;;;;;;;;;;/h1-12H2,(H2,17,18,19)(H2,20,21,22)(H2,23,24,25)(H2,26,27,28)(H2,29,30,31)(H2,32,33,34);;;;;;;;;;;;/q;12*+1/p-12. The molecule has 0 radical (unpaired) electrons. The van der Waals surface area contributed by atoms with Crippen molar-refractivity contribution in [2.45, 2.75) is 0 Å². The molecule has 0 N–H and O–H groups in total. The Morgan fingerprint density at radius 3 is 0.442 bits per heavy atom. The third-order valence-corrected chi connectivity index (χ3v) is 8.92. The van der Waals surface area contributed by atoms with Crippen molar-refractivity contribution in [3.8, 4) is 0 Å². The minimum atomic E-state index is -5.42. The van der Waals surface area contributed by atoms with Crippen LogP contribution in [0.5, 0.6) is 0 Å². The summed E-state index contributed by atoms with van der Waals surface area (Å²) in [7, 11) is -32.5. The van der Waals surface area contributed by atoms with Crippen LogP contribution in [0.1, 0.15) is 0 Å². The third kappa shape index (κ3) is 71.7. The Morgan fingerprint density at radius 2 is 0.327 bits per heavy atom.